The smallest absolute Gasteiger partial charge is 0.337 e. The lowest BCUT2D eigenvalue weighted by Gasteiger charge is -2.09. The van der Waals surface area contributed by atoms with Crippen LogP contribution in [0.4, 0.5) is 0 Å². The highest BCUT2D eigenvalue weighted by Crippen LogP contribution is 2.26. The maximum absolute atomic E-state index is 11.7. The van der Waals surface area contributed by atoms with Crippen molar-refractivity contribution in [2.75, 3.05) is 7.11 Å². The second-order valence-corrected chi connectivity index (χ2v) is 4.23. The standard InChI is InChI=1S/C16H13NO3/c1-20-16(19)14-7-11(10-18)6-13(8-14)15-5-3-2-4-12(15)9-17/h2-8,18H,10H2,1H3. The molecule has 2 rings (SSSR count). The Morgan fingerprint density at radius 1 is 1.30 bits per heavy atom. The van der Waals surface area contributed by atoms with Crippen molar-refractivity contribution >= 4 is 5.97 Å². The molecular weight excluding hydrogens is 254 g/mol. The van der Waals surface area contributed by atoms with Crippen molar-refractivity contribution in [3.05, 3.63) is 59.2 Å². The zero-order valence-corrected chi connectivity index (χ0v) is 11.0. The quantitative estimate of drug-likeness (QED) is 0.867. The highest BCUT2D eigenvalue weighted by atomic mass is 16.5. The Balaban J connectivity index is 2.62. The van der Waals surface area contributed by atoms with Crippen LogP contribution in [0, 0.1) is 11.3 Å². The normalized spacial score (nSPS) is 9.85. The first-order valence-electron chi connectivity index (χ1n) is 6.02. The summed E-state index contributed by atoms with van der Waals surface area (Å²) in [4.78, 5) is 11.7. The van der Waals surface area contributed by atoms with E-state index in [1.165, 1.54) is 7.11 Å². The average Bonchev–Trinajstić information content (AvgIpc) is 2.53. The number of methoxy groups -OCH3 is 1. The highest BCUT2D eigenvalue weighted by Gasteiger charge is 2.11. The second kappa shape index (κ2) is 6.00. The molecule has 0 atom stereocenters. The van der Waals surface area contributed by atoms with Gasteiger partial charge in [-0.05, 0) is 41.0 Å². The summed E-state index contributed by atoms with van der Waals surface area (Å²) in [5, 5.41) is 18.4. The van der Waals surface area contributed by atoms with Gasteiger partial charge in [0.1, 0.15) is 0 Å². The molecule has 1 N–H and O–H groups in total. The van der Waals surface area contributed by atoms with Crippen molar-refractivity contribution in [3.8, 4) is 17.2 Å². The van der Waals surface area contributed by atoms with E-state index in [4.69, 9.17) is 10.00 Å². The number of aliphatic hydroxyl groups is 1. The molecule has 0 saturated heterocycles. The van der Waals surface area contributed by atoms with E-state index in [-0.39, 0.29) is 6.61 Å². The molecule has 20 heavy (non-hydrogen) atoms. The number of nitrogens with zero attached hydrogens (tertiary/aromatic N) is 1. The summed E-state index contributed by atoms with van der Waals surface area (Å²) in [6.45, 7) is -0.188. The zero-order chi connectivity index (χ0) is 14.5. The van der Waals surface area contributed by atoms with Crippen LogP contribution in [0.25, 0.3) is 11.1 Å². The van der Waals surface area contributed by atoms with Gasteiger partial charge in [0.2, 0.25) is 0 Å². The van der Waals surface area contributed by atoms with Gasteiger partial charge in [-0.25, -0.2) is 4.79 Å². The molecule has 0 amide bonds. The van der Waals surface area contributed by atoms with E-state index in [0.717, 1.165) is 5.56 Å². The fourth-order valence-corrected chi connectivity index (χ4v) is 2.01. The molecule has 0 aromatic heterocycles. The molecule has 100 valence electrons. The van der Waals surface area contributed by atoms with Gasteiger partial charge in [0.05, 0.1) is 30.9 Å². The molecule has 0 spiro atoms. The molecule has 0 fully saturated rings. The summed E-state index contributed by atoms with van der Waals surface area (Å²) in [6.07, 6.45) is 0. The lowest BCUT2D eigenvalue weighted by atomic mass is 9.96. The maximum atomic E-state index is 11.7. The minimum absolute atomic E-state index is 0.188. The van der Waals surface area contributed by atoms with E-state index in [9.17, 15) is 9.90 Å². The van der Waals surface area contributed by atoms with Crippen molar-refractivity contribution < 1.29 is 14.6 Å². The fourth-order valence-electron chi connectivity index (χ4n) is 2.01. The molecule has 0 unspecified atom stereocenters. The van der Waals surface area contributed by atoms with Crippen LogP contribution in [0.5, 0.6) is 0 Å². The monoisotopic (exact) mass is 267 g/mol. The van der Waals surface area contributed by atoms with Crippen LogP contribution in [0.2, 0.25) is 0 Å². The molecular formula is C16H13NO3. The van der Waals surface area contributed by atoms with Gasteiger partial charge in [0, 0.05) is 0 Å². The Morgan fingerprint density at radius 2 is 2.05 bits per heavy atom. The van der Waals surface area contributed by atoms with Crippen LogP contribution in [-0.4, -0.2) is 18.2 Å². The maximum Gasteiger partial charge on any atom is 0.337 e. The first-order valence-corrected chi connectivity index (χ1v) is 6.02. The van der Waals surface area contributed by atoms with E-state index < -0.39 is 5.97 Å². The number of aliphatic hydroxyl groups excluding tert-OH is 1. The molecule has 4 heteroatoms. The number of rotatable bonds is 3. The van der Waals surface area contributed by atoms with Crippen molar-refractivity contribution in [3.63, 3.8) is 0 Å². The number of nitriles is 1. The van der Waals surface area contributed by atoms with Gasteiger partial charge in [-0.15, -0.1) is 0 Å². The van der Waals surface area contributed by atoms with Gasteiger partial charge in [-0.1, -0.05) is 18.2 Å². The zero-order valence-electron chi connectivity index (χ0n) is 11.0. The summed E-state index contributed by atoms with van der Waals surface area (Å²) in [5.74, 6) is -0.476. The van der Waals surface area contributed by atoms with Gasteiger partial charge in [-0.3, -0.25) is 0 Å². The lowest BCUT2D eigenvalue weighted by Crippen LogP contribution is -2.03. The van der Waals surface area contributed by atoms with Crippen molar-refractivity contribution in [2.45, 2.75) is 6.61 Å². The van der Waals surface area contributed by atoms with Gasteiger partial charge in [0.15, 0.2) is 0 Å². The fraction of sp³-hybridized carbons (Fsp3) is 0.125. The number of hydrogen-bond donors (Lipinski definition) is 1. The van der Waals surface area contributed by atoms with Gasteiger partial charge >= 0.3 is 5.97 Å². The van der Waals surface area contributed by atoms with E-state index in [1.54, 1.807) is 36.4 Å². The Labute approximate surface area is 116 Å². The second-order valence-electron chi connectivity index (χ2n) is 4.23. The van der Waals surface area contributed by atoms with Gasteiger partial charge in [0.25, 0.3) is 0 Å². The topological polar surface area (TPSA) is 70.3 Å². The number of hydrogen-bond acceptors (Lipinski definition) is 4. The van der Waals surface area contributed by atoms with Crippen LogP contribution in [-0.2, 0) is 11.3 Å². The van der Waals surface area contributed by atoms with Crippen LogP contribution >= 0.6 is 0 Å². The van der Waals surface area contributed by atoms with E-state index in [1.807, 2.05) is 6.07 Å². The third kappa shape index (κ3) is 2.68. The van der Waals surface area contributed by atoms with Crippen LogP contribution in [0.3, 0.4) is 0 Å². The summed E-state index contributed by atoms with van der Waals surface area (Å²) in [7, 11) is 1.30. The minimum Gasteiger partial charge on any atom is -0.465 e. The Kier molecular flexibility index (Phi) is 4.14. The van der Waals surface area contributed by atoms with Crippen molar-refractivity contribution in [1.29, 1.82) is 5.26 Å². The number of carbonyl (C=O) groups excluding carboxylic acids is 1. The van der Waals surface area contributed by atoms with Crippen molar-refractivity contribution in [2.24, 2.45) is 0 Å². The Hall–Kier alpha value is -2.64. The lowest BCUT2D eigenvalue weighted by molar-refractivity contribution is 0.0600. The SMILES string of the molecule is COC(=O)c1cc(CO)cc(-c2ccccc2C#N)c1. The summed E-state index contributed by atoms with van der Waals surface area (Å²) in [5.41, 5.74) is 2.88. The molecule has 0 heterocycles. The Bertz CT molecular complexity index is 686. The molecule has 4 nitrogen and oxygen atoms in total. The molecule has 0 saturated carbocycles. The van der Waals surface area contributed by atoms with Gasteiger partial charge in [-0.2, -0.15) is 5.26 Å². The molecule has 0 bridgehead atoms. The van der Waals surface area contributed by atoms with E-state index in [2.05, 4.69) is 6.07 Å². The summed E-state index contributed by atoms with van der Waals surface area (Å²) >= 11 is 0. The van der Waals surface area contributed by atoms with E-state index >= 15 is 0 Å². The average molecular weight is 267 g/mol. The van der Waals surface area contributed by atoms with Crippen LogP contribution < -0.4 is 0 Å². The van der Waals surface area contributed by atoms with Crippen LogP contribution in [0.15, 0.2) is 42.5 Å². The largest absolute Gasteiger partial charge is 0.465 e. The third-order valence-electron chi connectivity index (χ3n) is 2.95. The molecule has 2 aromatic carbocycles. The molecule has 0 aliphatic rings. The van der Waals surface area contributed by atoms with Gasteiger partial charge < -0.3 is 9.84 Å². The predicted molar refractivity (Wildman–Crippen MR) is 73.9 cm³/mol. The summed E-state index contributed by atoms with van der Waals surface area (Å²) in [6, 6.07) is 14.2. The molecule has 0 aliphatic carbocycles. The Morgan fingerprint density at radius 3 is 2.70 bits per heavy atom. The highest BCUT2D eigenvalue weighted by molar-refractivity contribution is 5.91. The molecule has 2 aromatic rings. The predicted octanol–water partition coefficient (Wildman–Crippen LogP) is 2.50. The third-order valence-corrected chi connectivity index (χ3v) is 2.95. The van der Waals surface area contributed by atoms with Crippen LogP contribution in [0.1, 0.15) is 21.5 Å². The number of ether oxygens (including phenoxy) is 1. The van der Waals surface area contributed by atoms with Crippen molar-refractivity contribution in [1.82, 2.24) is 0 Å². The molecule has 0 aliphatic heterocycles. The molecule has 0 radical (unpaired) electrons. The number of carbonyl (C=O) groups is 1. The van der Waals surface area contributed by atoms with E-state index in [0.29, 0.717) is 22.3 Å². The minimum atomic E-state index is -0.476. The first kappa shape index (κ1) is 13.8. The first-order chi connectivity index (χ1) is 9.69. The number of benzene rings is 2. The number of esters is 1. The summed E-state index contributed by atoms with van der Waals surface area (Å²) < 4.78 is 4.70.